The summed E-state index contributed by atoms with van der Waals surface area (Å²) in [4.78, 5) is 12.2. The zero-order chi connectivity index (χ0) is 14.3. The van der Waals surface area contributed by atoms with Crippen LogP contribution < -0.4 is 5.32 Å². The number of hydrogen-bond acceptors (Lipinski definition) is 4. The van der Waals surface area contributed by atoms with Gasteiger partial charge in [0.2, 0.25) is 0 Å². The second-order valence-electron chi connectivity index (χ2n) is 5.09. The first kappa shape index (κ1) is 13.5. The maximum atomic E-state index is 12.8. The van der Waals surface area contributed by atoms with Crippen molar-refractivity contribution in [3.63, 3.8) is 0 Å². The number of aromatic nitrogens is 2. The van der Waals surface area contributed by atoms with E-state index in [9.17, 15) is 17.1 Å². The van der Waals surface area contributed by atoms with Crippen molar-refractivity contribution in [1.82, 2.24) is 19.4 Å². The molecule has 0 radical (unpaired) electrons. The van der Waals surface area contributed by atoms with Crippen LogP contribution in [0.3, 0.4) is 0 Å². The topological polar surface area (TPSA) is 84.3 Å². The van der Waals surface area contributed by atoms with Crippen LogP contribution in [-0.2, 0) is 23.4 Å². The van der Waals surface area contributed by atoms with Gasteiger partial charge in [0.15, 0.2) is 0 Å². The van der Waals surface area contributed by atoms with E-state index in [1.807, 2.05) is 4.68 Å². The lowest BCUT2D eigenvalue weighted by atomic mass is 10.1. The normalized spacial score (nSPS) is 22.9. The van der Waals surface area contributed by atoms with E-state index in [1.165, 1.54) is 6.20 Å². The lowest BCUT2D eigenvalue weighted by Crippen LogP contribution is -2.38. The Balaban J connectivity index is 1.66. The Morgan fingerprint density at radius 2 is 2.25 bits per heavy atom. The van der Waals surface area contributed by atoms with Crippen LogP contribution in [0.15, 0.2) is 6.20 Å². The predicted octanol–water partition coefficient (Wildman–Crippen LogP) is -0.152. The Morgan fingerprint density at radius 1 is 1.45 bits per heavy atom. The van der Waals surface area contributed by atoms with Crippen LogP contribution in [0.2, 0.25) is 0 Å². The second-order valence-corrected chi connectivity index (χ2v) is 6.43. The third-order valence-electron chi connectivity index (χ3n) is 3.77. The molecule has 9 heteroatoms. The highest BCUT2D eigenvalue weighted by molar-refractivity contribution is 7.83. The Bertz CT molecular complexity index is 642. The molecular weight excluding hydrogens is 287 g/mol. The van der Waals surface area contributed by atoms with Crippen LogP contribution in [0.25, 0.3) is 0 Å². The fraction of sp³-hybridized carbons (Fsp3) is 0.636. The minimum atomic E-state index is -4.67. The van der Waals surface area contributed by atoms with Gasteiger partial charge in [-0.1, -0.05) is 3.89 Å². The first-order valence-corrected chi connectivity index (χ1v) is 7.84. The van der Waals surface area contributed by atoms with E-state index in [0.29, 0.717) is 12.0 Å². The Morgan fingerprint density at radius 3 is 2.95 bits per heavy atom. The Labute approximate surface area is 116 Å². The number of carbonyl (C=O) groups is 1. The number of nitrogens with one attached hydrogen (secondary N) is 1. The van der Waals surface area contributed by atoms with Gasteiger partial charge in [-0.25, -0.2) is 0 Å². The van der Waals surface area contributed by atoms with Crippen molar-refractivity contribution in [1.29, 1.82) is 0 Å². The van der Waals surface area contributed by atoms with Crippen molar-refractivity contribution >= 4 is 16.3 Å². The first-order chi connectivity index (χ1) is 9.45. The van der Waals surface area contributed by atoms with E-state index in [1.54, 1.807) is 0 Å². The molecule has 1 N–H and O–H groups in total. The molecule has 1 saturated heterocycles. The van der Waals surface area contributed by atoms with Gasteiger partial charge in [-0.15, -0.1) is 0 Å². The third-order valence-corrected chi connectivity index (χ3v) is 4.72. The zero-order valence-electron chi connectivity index (χ0n) is 10.7. The van der Waals surface area contributed by atoms with E-state index in [2.05, 4.69) is 10.4 Å². The highest BCUT2D eigenvalue weighted by Gasteiger charge is 2.32. The van der Waals surface area contributed by atoms with Crippen LogP contribution >= 0.6 is 0 Å². The molecule has 1 aromatic rings. The lowest BCUT2D eigenvalue weighted by Gasteiger charge is -2.12. The van der Waals surface area contributed by atoms with E-state index >= 15 is 0 Å². The van der Waals surface area contributed by atoms with Gasteiger partial charge in [-0.3, -0.25) is 9.48 Å². The molecule has 0 spiro atoms. The molecule has 2 aliphatic rings. The molecule has 1 aromatic heterocycles. The van der Waals surface area contributed by atoms with Crippen molar-refractivity contribution in [2.45, 2.75) is 31.8 Å². The van der Waals surface area contributed by atoms with Crippen molar-refractivity contribution in [2.75, 3.05) is 13.1 Å². The van der Waals surface area contributed by atoms with Crippen LogP contribution in [0, 0.1) is 0 Å². The van der Waals surface area contributed by atoms with Crippen LogP contribution in [-0.4, -0.2) is 47.5 Å². The maximum Gasteiger partial charge on any atom is 0.374 e. The molecule has 0 aliphatic carbocycles. The van der Waals surface area contributed by atoms with Gasteiger partial charge in [0.05, 0.1) is 17.5 Å². The average molecular weight is 302 g/mol. The standard InChI is InChI=1S/C11H15FN4O3S/c12-20(18,19)15-5-3-8(7-15)14-11(17)9-6-13-16-4-1-2-10(9)16/h6,8H,1-5,7H2,(H,14,17). The molecule has 20 heavy (non-hydrogen) atoms. The first-order valence-electron chi connectivity index (χ1n) is 6.50. The summed E-state index contributed by atoms with van der Waals surface area (Å²) in [5.41, 5.74) is 1.44. The predicted molar refractivity (Wildman–Crippen MR) is 68.0 cm³/mol. The number of hydrogen-bond donors (Lipinski definition) is 1. The van der Waals surface area contributed by atoms with Crippen LogP contribution in [0.4, 0.5) is 3.89 Å². The van der Waals surface area contributed by atoms with Crippen LogP contribution in [0.1, 0.15) is 28.9 Å². The summed E-state index contributed by atoms with van der Waals surface area (Å²) in [5, 5.41) is 6.88. The highest BCUT2D eigenvalue weighted by Crippen LogP contribution is 2.19. The Hall–Kier alpha value is -1.48. The molecule has 0 bridgehead atoms. The van der Waals surface area contributed by atoms with Gasteiger partial charge in [0, 0.05) is 25.7 Å². The van der Waals surface area contributed by atoms with Gasteiger partial charge < -0.3 is 5.32 Å². The summed E-state index contributed by atoms with van der Waals surface area (Å²) in [5.74, 6) is -0.267. The molecule has 3 heterocycles. The van der Waals surface area contributed by atoms with E-state index in [0.717, 1.165) is 29.4 Å². The molecule has 1 amide bonds. The number of fused-ring (bicyclic) bond motifs is 1. The minimum Gasteiger partial charge on any atom is -0.348 e. The van der Waals surface area contributed by atoms with Gasteiger partial charge in [0.1, 0.15) is 0 Å². The fourth-order valence-electron chi connectivity index (χ4n) is 2.76. The number of carbonyl (C=O) groups excluding carboxylic acids is 1. The SMILES string of the molecule is O=C(NC1CCN(S(=O)(=O)F)C1)c1cnn2c1CCC2. The van der Waals surface area contributed by atoms with Gasteiger partial charge >= 0.3 is 10.4 Å². The van der Waals surface area contributed by atoms with Gasteiger partial charge in [0.25, 0.3) is 5.91 Å². The van der Waals surface area contributed by atoms with Crippen molar-refractivity contribution in [3.05, 3.63) is 17.5 Å². The molecule has 7 nitrogen and oxygen atoms in total. The molecule has 0 aromatic carbocycles. The lowest BCUT2D eigenvalue weighted by molar-refractivity contribution is 0.0938. The molecule has 110 valence electrons. The van der Waals surface area contributed by atoms with E-state index in [-0.39, 0.29) is 25.0 Å². The number of aryl methyl sites for hydroxylation is 1. The summed E-state index contributed by atoms with van der Waals surface area (Å²) >= 11 is 0. The summed E-state index contributed by atoms with van der Waals surface area (Å²) in [7, 11) is -4.67. The minimum absolute atomic E-state index is 0.0198. The fourth-order valence-corrected chi connectivity index (χ4v) is 3.44. The number of rotatable bonds is 3. The quantitative estimate of drug-likeness (QED) is 0.787. The van der Waals surface area contributed by atoms with Crippen molar-refractivity contribution < 1.29 is 17.1 Å². The maximum absolute atomic E-state index is 12.8. The Kier molecular flexibility index (Phi) is 3.25. The molecule has 1 fully saturated rings. The molecular formula is C11H15FN4O3S. The van der Waals surface area contributed by atoms with Crippen molar-refractivity contribution in [3.8, 4) is 0 Å². The number of nitrogens with zero attached hydrogens (tertiary/aromatic N) is 3. The average Bonchev–Trinajstić information content (AvgIpc) is 3.01. The molecule has 0 saturated carbocycles. The molecule has 1 atom stereocenters. The summed E-state index contributed by atoms with van der Waals surface area (Å²) in [6, 6.07) is -0.357. The highest BCUT2D eigenvalue weighted by atomic mass is 32.3. The van der Waals surface area contributed by atoms with Gasteiger partial charge in [-0.2, -0.15) is 17.8 Å². The summed E-state index contributed by atoms with van der Waals surface area (Å²) in [6.45, 7) is 0.893. The number of halogens is 1. The monoisotopic (exact) mass is 302 g/mol. The molecule has 2 aliphatic heterocycles. The number of amides is 1. The summed E-state index contributed by atoms with van der Waals surface area (Å²) < 4.78 is 36.9. The van der Waals surface area contributed by atoms with Crippen molar-refractivity contribution in [2.24, 2.45) is 0 Å². The smallest absolute Gasteiger partial charge is 0.348 e. The molecule has 1 unspecified atom stereocenters. The van der Waals surface area contributed by atoms with E-state index in [4.69, 9.17) is 0 Å². The molecule has 3 rings (SSSR count). The third kappa shape index (κ3) is 2.42. The van der Waals surface area contributed by atoms with Crippen LogP contribution in [0.5, 0.6) is 0 Å². The largest absolute Gasteiger partial charge is 0.374 e. The zero-order valence-corrected chi connectivity index (χ0v) is 11.6. The van der Waals surface area contributed by atoms with Gasteiger partial charge in [-0.05, 0) is 19.3 Å². The summed E-state index contributed by atoms with van der Waals surface area (Å²) in [6.07, 6.45) is 3.74. The van der Waals surface area contributed by atoms with E-state index < -0.39 is 10.4 Å². The second kappa shape index (κ2) is 4.81.